The predicted molar refractivity (Wildman–Crippen MR) is 67.4 cm³/mol. The van der Waals surface area contributed by atoms with E-state index < -0.39 is 0 Å². The molecule has 0 saturated carbocycles. The summed E-state index contributed by atoms with van der Waals surface area (Å²) in [6.07, 6.45) is 2.05. The minimum atomic E-state index is -0.190. The maximum absolute atomic E-state index is 12.8. The van der Waals surface area contributed by atoms with Crippen molar-refractivity contribution < 1.29 is 4.39 Å². The fourth-order valence-electron chi connectivity index (χ4n) is 1.90. The molecule has 0 aliphatic rings. The molecule has 1 aromatic heterocycles. The Kier molecular flexibility index (Phi) is 3.59. The van der Waals surface area contributed by atoms with E-state index in [0.717, 1.165) is 12.1 Å². The molecular weight excluding hydrogens is 215 g/mol. The summed E-state index contributed by atoms with van der Waals surface area (Å²) in [6, 6.07) is 11.1. The minimum Gasteiger partial charge on any atom is -0.346 e. The summed E-state index contributed by atoms with van der Waals surface area (Å²) < 4.78 is 15.0. The van der Waals surface area contributed by atoms with Crippen LogP contribution in [0.5, 0.6) is 0 Å². The van der Waals surface area contributed by atoms with Gasteiger partial charge >= 0.3 is 0 Å². The number of nitrogens with zero attached hydrogens (tertiary/aromatic N) is 1. The lowest BCUT2D eigenvalue weighted by Gasteiger charge is -2.15. The molecule has 0 amide bonds. The van der Waals surface area contributed by atoms with E-state index in [9.17, 15) is 4.39 Å². The molecule has 2 aromatic rings. The zero-order valence-electron chi connectivity index (χ0n) is 10.2. The molecule has 0 aliphatic carbocycles. The Labute approximate surface area is 101 Å². The summed E-state index contributed by atoms with van der Waals surface area (Å²) in [5.74, 6) is -0.190. The lowest BCUT2D eigenvalue weighted by Crippen LogP contribution is -2.16. The molecule has 0 fully saturated rings. The van der Waals surface area contributed by atoms with E-state index in [1.165, 1.54) is 17.8 Å². The maximum Gasteiger partial charge on any atom is 0.123 e. The lowest BCUT2D eigenvalue weighted by molar-refractivity contribution is 0.588. The van der Waals surface area contributed by atoms with Crippen LogP contribution in [-0.4, -0.2) is 11.6 Å². The first-order chi connectivity index (χ1) is 8.20. The van der Waals surface area contributed by atoms with Gasteiger partial charge in [-0.3, -0.25) is 0 Å². The van der Waals surface area contributed by atoms with Gasteiger partial charge in [0.05, 0.1) is 0 Å². The SMILES string of the molecule is CNC(C)c1cccn1Cc1ccc(F)cc1. The van der Waals surface area contributed by atoms with Crippen molar-refractivity contribution >= 4 is 0 Å². The minimum absolute atomic E-state index is 0.190. The van der Waals surface area contributed by atoms with Crippen LogP contribution in [0.4, 0.5) is 4.39 Å². The molecule has 90 valence electrons. The molecule has 0 spiro atoms. The van der Waals surface area contributed by atoms with Crippen LogP contribution in [0.15, 0.2) is 42.6 Å². The lowest BCUT2D eigenvalue weighted by atomic mass is 10.2. The predicted octanol–water partition coefficient (Wildman–Crippen LogP) is 2.96. The highest BCUT2D eigenvalue weighted by Crippen LogP contribution is 2.15. The second kappa shape index (κ2) is 5.15. The molecule has 17 heavy (non-hydrogen) atoms. The summed E-state index contributed by atoms with van der Waals surface area (Å²) in [5.41, 5.74) is 2.34. The number of rotatable bonds is 4. The zero-order valence-corrected chi connectivity index (χ0v) is 10.2. The third-order valence-corrected chi connectivity index (χ3v) is 3.01. The molecule has 0 saturated heterocycles. The fourth-order valence-corrected chi connectivity index (χ4v) is 1.90. The zero-order chi connectivity index (χ0) is 12.3. The number of aromatic nitrogens is 1. The van der Waals surface area contributed by atoms with Crippen LogP contribution in [0.2, 0.25) is 0 Å². The number of halogens is 1. The molecule has 1 aromatic carbocycles. The summed E-state index contributed by atoms with van der Waals surface area (Å²) >= 11 is 0. The van der Waals surface area contributed by atoms with Crippen LogP contribution in [0.25, 0.3) is 0 Å². The Bertz CT molecular complexity index is 473. The van der Waals surface area contributed by atoms with Gasteiger partial charge in [0.15, 0.2) is 0 Å². The van der Waals surface area contributed by atoms with E-state index in [-0.39, 0.29) is 5.82 Å². The van der Waals surface area contributed by atoms with Gasteiger partial charge in [0.25, 0.3) is 0 Å². The number of nitrogens with one attached hydrogen (secondary N) is 1. The van der Waals surface area contributed by atoms with Gasteiger partial charge in [-0.2, -0.15) is 0 Å². The van der Waals surface area contributed by atoms with Crippen LogP contribution in [0.3, 0.4) is 0 Å². The van der Waals surface area contributed by atoms with Gasteiger partial charge in [-0.05, 0) is 43.8 Å². The number of hydrogen-bond acceptors (Lipinski definition) is 1. The first-order valence-corrected chi connectivity index (χ1v) is 5.77. The summed E-state index contributed by atoms with van der Waals surface area (Å²) in [4.78, 5) is 0. The molecule has 2 rings (SSSR count). The van der Waals surface area contributed by atoms with Gasteiger partial charge in [-0.15, -0.1) is 0 Å². The monoisotopic (exact) mass is 232 g/mol. The summed E-state index contributed by atoms with van der Waals surface area (Å²) in [5, 5.41) is 3.22. The van der Waals surface area contributed by atoms with E-state index in [2.05, 4.69) is 22.9 Å². The third kappa shape index (κ3) is 2.74. The molecule has 3 heteroatoms. The molecule has 1 heterocycles. The van der Waals surface area contributed by atoms with Gasteiger partial charge in [-0.1, -0.05) is 12.1 Å². The molecule has 2 nitrogen and oxygen atoms in total. The van der Waals surface area contributed by atoms with Gasteiger partial charge in [0, 0.05) is 24.5 Å². The van der Waals surface area contributed by atoms with E-state index in [0.29, 0.717) is 6.04 Å². The van der Waals surface area contributed by atoms with Crippen molar-refractivity contribution in [2.24, 2.45) is 0 Å². The van der Waals surface area contributed by atoms with Crippen LogP contribution in [-0.2, 0) is 6.54 Å². The van der Waals surface area contributed by atoms with Crippen molar-refractivity contribution in [1.29, 1.82) is 0 Å². The van der Waals surface area contributed by atoms with E-state index in [4.69, 9.17) is 0 Å². The molecule has 0 aliphatic heterocycles. The quantitative estimate of drug-likeness (QED) is 0.857. The Morgan fingerprint density at radius 3 is 2.59 bits per heavy atom. The second-order valence-corrected chi connectivity index (χ2v) is 4.20. The maximum atomic E-state index is 12.8. The van der Waals surface area contributed by atoms with Gasteiger partial charge in [-0.25, -0.2) is 4.39 Å². The fraction of sp³-hybridized carbons (Fsp3) is 0.286. The Morgan fingerprint density at radius 2 is 1.94 bits per heavy atom. The molecule has 1 unspecified atom stereocenters. The summed E-state index contributed by atoms with van der Waals surface area (Å²) in [7, 11) is 1.94. The smallest absolute Gasteiger partial charge is 0.123 e. The average molecular weight is 232 g/mol. The largest absolute Gasteiger partial charge is 0.346 e. The van der Waals surface area contributed by atoms with E-state index >= 15 is 0 Å². The van der Waals surface area contributed by atoms with Crippen LogP contribution in [0, 0.1) is 5.82 Å². The van der Waals surface area contributed by atoms with Crippen LogP contribution in [0.1, 0.15) is 24.2 Å². The first kappa shape index (κ1) is 11.9. The van der Waals surface area contributed by atoms with Crippen molar-refractivity contribution in [2.45, 2.75) is 19.5 Å². The highest BCUT2D eigenvalue weighted by atomic mass is 19.1. The van der Waals surface area contributed by atoms with Crippen molar-refractivity contribution in [3.05, 3.63) is 59.7 Å². The highest BCUT2D eigenvalue weighted by Gasteiger charge is 2.07. The molecule has 1 atom stereocenters. The second-order valence-electron chi connectivity index (χ2n) is 4.20. The summed E-state index contributed by atoms with van der Waals surface area (Å²) in [6.45, 7) is 2.89. The topological polar surface area (TPSA) is 17.0 Å². The van der Waals surface area contributed by atoms with Crippen molar-refractivity contribution in [3.8, 4) is 0 Å². The van der Waals surface area contributed by atoms with Crippen LogP contribution >= 0.6 is 0 Å². The number of benzene rings is 1. The molecule has 0 bridgehead atoms. The Morgan fingerprint density at radius 1 is 1.24 bits per heavy atom. The molecular formula is C14H17FN2. The van der Waals surface area contributed by atoms with Crippen LogP contribution < -0.4 is 5.32 Å². The molecule has 0 radical (unpaired) electrons. The van der Waals surface area contributed by atoms with Crippen molar-refractivity contribution in [1.82, 2.24) is 9.88 Å². The van der Waals surface area contributed by atoms with E-state index in [1.807, 2.05) is 31.4 Å². The van der Waals surface area contributed by atoms with Crippen molar-refractivity contribution in [2.75, 3.05) is 7.05 Å². The first-order valence-electron chi connectivity index (χ1n) is 5.77. The normalized spacial score (nSPS) is 12.6. The number of hydrogen-bond donors (Lipinski definition) is 1. The van der Waals surface area contributed by atoms with E-state index in [1.54, 1.807) is 0 Å². The third-order valence-electron chi connectivity index (χ3n) is 3.01. The Balaban J connectivity index is 2.18. The average Bonchev–Trinajstić information content (AvgIpc) is 2.79. The standard InChI is InChI=1S/C14H17FN2/c1-11(16-2)14-4-3-9-17(14)10-12-5-7-13(15)8-6-12/h3-9,11,16H,10H2,1-2H3. The molecule has 1 N–H and O–H groups in total. The van der Waals surface area contributed by atoms with Gasteiger partial charge in [0.1, 0.15) is 5.82 Å². The van der Waals surface area contributed by atoms with Crippen molar-refractivity contribution in [3.63, 3.8) is 0 Å². The Hall–Kier alpha value is -1.61. The van der Waals surface area contributed by atoms with Gasteiger partial charge in [0.2, 0.25) is 0 Å². The van der Waals surface area contributed by atoms with Gasteiger partial charge < -0.3 is 9.88 Å². The highest BCUT2D eigenvalue weighted by molar-refractivity contribution is 5.19.